The topological polar surface area (TPSA) is 118 Å². The SMILES string of the molecule is Cc1ncnc2ccc(C3=C(c4cccc(C#N)c4)NC(NC(=O)N4CCC(C)(C#N)CC4)S3)cc12. The Bertz CT molecular complexity index is 1460. The average Bonchev–Trinajstić information content (AvgIpc) is 3.33. The molecule has 2 aromatic carbocycles. The van der Waals surface area contributed by atoms with Crippen molar-refractivity contribution >= 4 is 39.3 Å². The molecule has 1 atom stereocenters. The molecule has 0 saturated carbocycles. The number of nitrogens with zero attached hydrogens (tertiary/aromatic N) is 5. The summed E-state index contributed by atoms with van der Waals surface area (Å²) >= 11 is 1.53. The number of piperidine rings is 1. The van der Waals surface area contributed by atoms with Gasteiger partial charge in [-0.2, -0.15) is 10.5 Å². The number of urea groups is 1. The Balaban J connectivity index is 1.43. The molecule has 36 heavy (non-hydrogen) atoms. The maximum atomic E-state index is 13.1. The van der Waals surface area contributed by atoms with Gasteiger partial charge in [0.05, 0.1) is 34.3 Å². The Morgan fingerprint density at radius 2 is 1.97 bits per heavy atom. The van der Waals surface area contributed by atoms with Crippen LogP contribution >= 0.6 is 11.8 Å². The predicted molar refractivity (Wildman–Crippen MR) is 140 cm³/mol. The van der Waals surface area contributed by atoms with Gasteiger partial charge in [0.1, 0.15) is 6.33 Å². The number of aromatic nitrogens is 2. The van der Waals surface area contributed by atoms with Crippen LogP contribution in [0.3, 0.4) is 0 Å². The zero-order chi connectivity index (χ0) is 25.3. The first-order valence-electron chi connectivity index (χ1n) is 11.8. The van der Waals surface area contributed by atoms with Gasteiger partial charge in [-0.15, -0.1) is 0 Å². The molecule has 2 aliphatic heterocycles. The maximum absolute atomic E-state index is 13.1. The van der Waals surface area contributed by atoms with E-state index in [0.29, 0.717) is 31.5 Å². The number of carbonyl (C=O) groups is 1. The summed E-state index contributed by atoms with van der Waals surface area (Å²) in [5, 5.41) is 26.3. The van der Waals surface area contributed by atoms with Gasteiger partial charge in [0.15, 0.2) is 5.50 Å². The number of benzene rings is 2. The van der Waals surface area contributed by atoms with Gasteiger partial charge in [0.2, 0.25) is 0 Å². The quantitative estimate of drug-likeness (QED) is 0.546. The lowest BCUT2D eigenvalue weighted by Crippen LogP contribution is -2.50. The summed E-state index contributed by atoms with van der Waals surface area (Å²) in [5.41, 5.74) is 4.28. The Kier molecular flexibility index (Phi) is 6.26. The first-order valence-corrected chi connectivity index (χ1v) is 12.6. The third-order valence-electron chi connectivity index (χ3n) is 6.79. The second-order valence-electron chi connectivity index (χ2n) is 9.34. The lowest BCUT2D eigenvalue weighted by molar-refractivity contribution is 0.155. The van der Waals surface area contributed by atoms with Crippen molar-refractivity contribution in [1.29, 1.82) is 10.5 Å². The number of nitrogens with one attached hydrogen (secondary N) is 2. The molecule has 0 bridgehead atoms. The van der Waals surface area contributed by atoms with Crippen molar-refractivity contribution in [3.63, 3.8) is 0 Å². The van der Waals surface area contributed by atoms with Crippen LogP contribution in [0.15, 0.2) is 48.8 Å². The molecule has 2 aliphatic rings. The molecule has 1 unspecified atom stereocenters. The van der Waals surface area contributed by atoms with Crippen LogP contribution in [0, 0.1) is 35.0 Å². The smallest absolute Gasteiger partial charge is 0.319 e. The average molecular weight is 496 g/mol. The highest BCUT2D eigenvalue weighted by molar-refractivity contribution is 8.09. The first kappa shape index (κ1) is 23.7. The molecule has 0 aliphatic carbocycles. The fourth-order valence-electron chi connectivity index (χ4n) is 4.48. The molecular formula is C27H25N7OS. The Hall–Kier alpha value is -4.08. The van der Waals surface area contributed by atoms with Gasteiger partial charge < -0.3 is 15.5 Å². The van der Waals surface area contributed by atoms with Crippen molar-refractivity contribution in [2.75, 3.05) is 13.1 Å². The van der Waals surface area contributed by atoms with Gasteiger partial charge in [0, 0.05) is 34.6 Å². The molecule has 9 heteroatoms. The third-order valence-corrected chi connectivity index (χ3v) is 7.94. The van der Waals surface area contributed by atoms with E-state index in [1.54, 1.807) is 17.3 Å². The van der Waals surface area contributed by atoms with Gasteiger partial charge in [0.25, 0.3) is 0 Å². The molecule has 8 nitrogen and oxygen atoms in total. The second kappa shape index (κ2) is 9.52. The normalized spacial score (nSPS) is 18.9. The van der Waals surface area contributed by atoms with E-state index >= 15 is 0 Å². The number of likely N-dealkylation sites (tertiary alicyclic amines) is 1. The number of hydrogen-bond acceptors (Lipinski definition) is 7. The van der Waals surface area contributed by atoms with Gasteiger partial charge in [-0.05, 0) is 56.5 Å². The van der Waals surface area contributed by atoms with Gasteiger partial charge in [-0.3, -0.25) is 0 Å². The highest BCUT2D eigenvalue weighted by Crippen LogP contribution is 2.42. The van der Waals surface area contributed by atoms with Crippen molar-refractivity contribution in [2.45, 2.75) is 32.2 Å². The minimum absolute atomic E-state index is 0.158. The lowest BCUT2D eigenvalue weighted by atomic mass is 9.82. The minimum atomic E-state index is -0.388. The standard InChI is InChI=1S/C27H25N7OS/c1-17-21-13-20(6-7-22(21)31-16-30-17)24-23(19-5-3-4-18(12-19)14-28)32-25(36-24)33-26(35)34-10-8-27(2,15-29)9-11-34/h3-7,12-13,16,25,32H,8-11H2,1-2H3,(H,33,35). The zero-order valence-electron chi connectivity index (χ0n) is 20.1. The van der Waals surface area contributed by atoms with E-state index in [4.69, 9.17) is 0 Å². The van der Waals surface area contributed by atoms with E-state index in [1.807, 2.05) is 44.2 Å². The van der Waals surface area contributed by atoms with Crippen molar-refractivity contribution < 1.29 is 4.79 Å². The monoisotopic (exact) mass is 495 g/mol. The number of amides is 2. The fraction of sp³-hybridized carbons (Fsp3) is 0.296. The van der Waals surface area contributed by atoms with Crippen LogP contribution in [-0.4, -0.2) is 39.5 Å². The summed E-state index contributed by atoms with van der Waals surface area (Å²) < 4.78 is 0. The molecule has 0 spiro atoms. The summed E-state index contributed by atoms with van der Waals surface area (Å²) in [6.45, 7) is 5.01. The number of hydrogen-bond donors (Lipinski definition) is 2. The van der Waals surface area contributed by atoms with E-state index in [9.17, 15) is 15.3 Å². The van der Waals surface area contributed by atoms with E-state index in [-0.39, 0.29) is 16.9 Å². The van der Waals surface area contributed by atoms with Crippen LogP contribution in [-0.2, 0) is 0 Å². The summed E-state index contributed by atoms with van der Waals surface area (Å²) in [7, 11) is 0. The molecule has 2 N–H and O–H groups in total. The number of rotatable bonds is 3. The van der Waals surface area contributed by atoms with Crippen LogP contribution in [0.4, 0.5) is 4.79 Å². The molecule has 1 fully saturated rings. The van der Waals surface area contributed by atoms with E-state index in [1.165, 1.54) is 11.8 Å². The maximum Gasteiger partial charge on any atom is 0.319 e. The molecule has 2 amide bonds. The lowest BCUT2D eigenvalue weighted by Gasteiger charge is -2.35. The highest BCUT2D eigenvalue weighted by atomic mass is 32.2. The number of carbonyl (C=O) groups excluding carboxylic acids is 1. The molecule has 5 rings (SSSR count). The largest absolute Gasteiger partial charge is 0.355 e. The van der Waals surface area contributed by atoms with Crippen LogP contribution in [0.1, 0.15) is 42.1 Å². The van der Waals surface area contributed by atoms with Crippen LogP contribution < -0.4 is 10.6 Å². The van der Waals surface area contributed by atoms with E-state index in [2.05, 4.69) is 38.8 Å². The summed E-state index contributed by atoms with van der Waals surface area (Å²) in [4.78, 5) is 24.5. The van der Waals surface area contributed by atoms with Gasteiger partial charge >= 0.3 is 6.03 Å². The zero-order valence-corrected chi connectivity index (χ0v) is 20.9. The third kappa shape index (κ3) is 4.58. The first-order chi connectivity index (χ1) is 17.4. The summed E-state index contributed by atoms with van der Waals surface area (Å²) in [5.74, 6) is 0. The number of nitriles is 2. The summed E-state index contributed by atoms with van der Waals surface area (Å²) in [6, 6.07) is 17.9. The molecule has 1 saturated heterocycles. The molecule has 0 radical (unpaired) electrons. The van der Waals surface area contributed by atoms with Crippen molar-refractivity contribution in [2.24, 2.45) is 5.41 Å². The Morgan fingerprint density at radius 1 is 1.17 bits per heavy atom. The molecule has 3 aromatic rings. The van der Waals surface area contributed by atoms with E-state index in [0.717, 1.165) is 38.3 Å². The highest BCUT2D eigenvalue weighted by Gasteiger charge is 2.34. The Morgan fingerprint density at radius 3 is 2.72 bits per heavy atom. The molecule has 180 valence electrons. The van der Waals surface area contributed by atoms with Gasteiger partial charge in [-0.1, -0.05) is 30.0 Å². The fourth-order valence-corrected chi connectivity index (χ4v) is 5.61. The number of fused-ring (bicyclic) bond motifs is 1. The van der Waals surface area contributed by atoms with E-state index < -0.39 is 0 Å². The van der Waals surface area contributed by atoms with Gasteiger partial charge in [-0.25, -0.2) is 14.8 Å². The molecule has 3 heterocycles. The molecular weight excluding hydrogens is 470 g/mol. The second-order valence-corrected chi connectivity index (χ2v) is 10.5. The minimum Gasteiger partial charge on any atom is -0.355 e. The van der Waals surface area contributed by atoms with Crippen LogP contribution in [0.5, 0.6) is 0 Å². The number of aryl methyl sites for hydroxylation is 1. The molecule has 1 aromatic heterocycles. The van der Waals surface area contributed by atoms with Crippen molar-refractivity contribution in [3.8, 4) is 12.1 Å². The predicted octanol–water partition coefficient (Wildman–Crippen LogP) is 4.59. The van der Waals surface area contributed by atoms with Crippen molar-refractivity contribution in [3.05, 3.63) is 71.2 Å². The number of thioether (sulfide) groups is 1. The van der Waals surface area contributed by atoms with Crippen LogP contribution in [0.2, 0.25) is 0 Å². The van der Waals surface area contributed by atoms with Crippen LogP contribution in [0.25, 0.3) is 21.5 Å². The summed E-state index contributed by atoms with van der Waals surface area (Å²) in [6.07, 6.45) is 2.89. The Labute approximate surface area is 214 Å². The van der Waals surface area contributed by atoms with Crippen molar-refractivity contribution in [1.82, 2.24) is 25.5 Å².